The van der Waals surface area contributed by atoms with E-state index in [4.69, 9.17) is 4.74 Å². The minimum Gasteiger partial charge on any atom is -0.495 e. The molecule has 0 atom stereocenters. The third-order valence-electron chi connectivity index (χ3n) is 4.99. The van der Waals surface area contributed by atoms with Crippen LogP contribution in [0.4, 0.5) is 0 Å². The molecule has 1 aliphatic carbocycles. The molecule has 0 saturated heterocycles. The van der Waals surface area contributed by atoms with E-state index in [9.17, 15) is 14.4 Å². The summed E-state index contributed by atoms with van der Waals surface area (Å²) in [6.07, 6.45) is 6.30. The largest absolute Gasteiger partial charge is 0.495 e. The van der Waals surface area contributed by atoms with Gasteiger partial charge in [0, 0.05) is 24.8 Å². The fourth-order valence-corrected chi connectivity index (χ4v) is 3.58. The maximum Gasteiger partial charge on any atom is 0.332 e. The number of aryl methyl sites for hydroxylation is 2. The summed E-state index contributed by atoms with van der Waals surface area (Å²) in [7, 11) is 3.02. The van der Waals surface area contributed by atoms with Crippen LogP contribution in [0.15, 0.2) is 15.8 Å². The average Bonchev–Trinajstić information content (AvgIpc) is 3.14. The highest BCUT2D eigenvalue weighted by atomic mass is 16.5. The van der Waals surface area contributed by atoms with Gasteiger partial charge in [-0.2, -0.15) is 0 Å². The lowest BCUT2D eigenvalue weighted by atomic mass is 10.1. The van der Waals surface area contributed by atoms with Crippen molar-refractivity contribution < 1.29 is 9.53 Å². The van der Waals surface area contributed by atoms with Crippen molar-refractivity contribution in [3.63, 3.8) is 0 Å². The molecule has 0 unspecified atom stereocenters. The lowest BCUT2D eigenvalue weighted by Crippen LogP contribution is -2.45. The van der Waals surface area contributed by atoms with Crippen molar-refractivity contribution in [1.29, 1.82) is 0 Å². The maximum absolute atomic E-state index is 13.0. The highest BCUT2D eigenvalue weighted by Gasteiger charge is 2.22. The SMILES string of the molecule is CCc1cnc2c(c1OC)c(=O)n(CC(=O)NC1CCCC1)c(=O)n2C. The summed E-state index contributed by atoms with van der Waals surface area (Å²) in [4.78, 5) is 42.2. The van der Waals surface area contributed by atoms with Crippen LogP contribution in [0.2, 0.25) is 0 Å². The summed E-state index contributed by atoms with van der Waals surface area (Å²) < 4.78 is 7.66. The molecule has 3 rings (SSSR count). The highest BCUT2D eigenvalue weighted by molar-refractivity contribution is 5.83. The fraction of sp³-hybridized carbons (Fsp3) is 0.556. The third kappa shape index (κ3) is 3.11. The molecule has 26 heavy (non-hydrogen) atoms. The monoisotopic (exact) mass is 360 g/mol. The van der Waals surface area contributed by atoms with Crippen molar-refractivity contribution in [3.8, 4) is 5.75 Å². The van der Waals surface area contributed by atoms with Crippen molar-refractivity contribution in [2.45, 2.75) is 51.6 Å². The molecule has 1 saturated carbocycles. The number of methoxy groups -OCH3 is 1. The first kappa shape index (κ1) is 18.2. The number of nitrogens with one attached hydrogen (secondary N) is 1. The molecule has 1 aliphatic rings. The number of rotatable bonds is 5. The van der Waals surface area contributed by atoms with Crippen molar-refractivity contribution in [1.82, 2.24) is 19.4 Å². The van der Waals surface area contributed by atoms with Crippen LogP contribution in [-0.4, -0.2) is 33.2 Å². The number of ether oxygens (including phenoxy) is 1. The van der Waals surface area contributed by atoms with Crippen LogP contribution < -0.4 is 21.3 Å². The van der Waals surface area contributed by atoms with Gasteiger partial charge in [0.25, 0.3) is 5.56 Å². The maximum atomic E-state index is 13.0. The fourth-order valence-electron chi connectivity index (χ4n) is 3.58. The molecular formula is C18H24N4O4. The molecule has 140 valence electrons. The van der Waals surface area contributed by atoms with Gasteiger partial charge in [0.15, 0.2) is 5.65 Å². The van der Waals surface area contributed by atoms with Crippen molar-refractivity contribution in [2.75, 3.05) is 7.11 Å². The summed E-state index contributed by atoms with van der Waals surface area (Å²) >= 11 is 0. The van der Waals surface area contributed by atoms with E-state index in [0.29, 0.717) is 12.2 Å². The Bertz CT molecular complexity index is 954. The zero-order valence-electron chi connectivity index (χ0n) is 15.4. The summed E-state index contributed by atoms with van der Waals surface area (Å²) in [5.41, 5.74) is -0.0913. The molecule has 2 heterocycles. The number of pyridine rings is 1. The van der Waals surface area contributed by atoms with E-state index >= 15 is 0 Å². The molecule has 1 fully saturated rings. The van der Waals surface area contributed by atoms with E-state index in [1.165, 1.54) is 18.7 Å². The van der Waals surface area contributed by atoms with Gasteiger partial charge in [0.1, 0.15) is 17.7 Å². The predicted octanol–water partition coefficient (Wildman–Crippen LogP) is 0.725. The predicted molar refractivity (Wildman–Crippen MR) is 97.6 cm³/mol. The number of carbonyl (C=O) groups excluding carboxylic acids is 1. The molecule has 0 bridgehead atoms. The Morgan fingerprint density at radius 3 is 2.65 bits per heavy atom. The quantitative estimate of drug-likeness (QED) is 0.848. The number of amides is 1. The number of hydrogen-bond acceptors (Lipinski definition) is 5. The van der Waals surface area contributed by atoms with E-state index in [0.717, 1.165) is 35.8 Å². The third-order valence-corrected chi connectivity index (χ3v) is 4.99. The van der Waals surface area contributed by atoms with Gasteiger partial charge in [-0.25, -0.2) is 14.3 Å². The van der Waals surface area contributed by atoms with Crippen molar-refractivity contribution in [3.05, 3.63) is 32.6 Å². The molecule has 1 amide bonds. The first-order chi connectivity index (χ1) is 12.5. The number of fused-ring (bicyclic) bond motifs is 1. The molecule has 0 spiro atoms. The number of nitrogens with zero attached hydrogens (tertiary/aromatic N) is 3. The number of aromatic nitrogens is 3. The van der Waals surface area contributed by atoms with Crippen LogP contribution in [-0.2, 0) is 24.8 Å². The van der Waals surface area contributed by atoms with Gasteiger partial charge in [-0.3, -0.25) is 14.2 Å². The van der Waals surface area contributed by atoms with Crippen molar-refractivity contribution in [2.24, 2.45) is 7.05 Å². The average molecular weight is 360 g/mol. The van der Waals surface area contributed by atoms with Crippen LogP contribution in [0, 0.1) is 0 Å². The first-order valence-electron chi connectivity index (χ1n) is 8.92. The lowest BCUT2D eigenvalue weighted by Gasteiger charge is -2.15. The molecule has 2 aromatic heterocycles. The Hall–Kier alpha value is -2.64. The molecule has 0 aliphatic heterocycles. The van der Waals surface area contributed by atoms with Gasteiger partial charge < -0.3 is 10.1 Å². The molecule has 0 radical (unpaired) electrons. The van der Waals surface area contributed by atoms with Crippen LogP contribution >= 0.6 is 0 Å². The van der Waals surface area contributed by atoms with Crippen LogP contribution in [0.3, 0.4) is 0 Å². The molecule has 0 aromatic carbocycles. The second-order valence-corrected chi connectivity index (χ2v) is 6.65. The Morgan fingerprint density at radius 2 is 2.04 bits per heavy atom. The van der Waals surface area contributed by atoms with Crippen molar-refractivity contribution >= 4 is 16.9 Å². The van der Waals surface area contributed by atoms with Gasteiger partial charge in [0.2, 0.25) is 5.91 Å². The van der Waals surface area contributed by atoms with E-state index in [2.05, 4.69) is 10.3 Å². The number of hydrogen-bond donors (Lipinski definition) is 1. The van der Waals surface area contributed by atoms with E-state index in [-0.39, 0.29) is 29.5 Å². The molecule has 2 aromatic rings. The van der Waals surface area contributed by atoms with Gasteiger partial charge in [-0.05, 0) is 19.3 Å². The van der Waals surface area contributed by atoms with Crippen LogP contribution in [0.1, 0.15) is 38.2 Å². The van der Waals surface area contributed by atoms with Crippen LogP contribution in [0.5, 0.6) is 5.75 Å². The summed E-state index contributed by atoms with van der Waals surface area (Å²) in [6.45, 7) is 1.62. The van der Waals surface area contributed by atoms with Gasteiger partial charge >= 0.3 is 5.69 Å². The number of carbonyl (C=O) groups is 1. The smallest absolute Gasteiger partial charge is 0.332 e. The Morgan fingerprint density at radius 1 is 1.35 bits per heavy atom. The zero-order chi connectivity index (χ0) is 18.8. The lowest BCUT2D eigenvalue weighted by molar-refractivity contribution is -0.122. The second-order valence-electron chi connectivity index (χ2n) is 6.65. The summed E-state index contributed by atoms with van der Waals surface area (Å²) in [6, 6.07) is 0.130. The van der Waals surface area contributed by atoms with E-state index in [1.807, 2.05) is 6.92 Å². The Balaban J connectivity index is 2.09. The summed E-state index contributed by atoms with van der Waals surface area (Å²) in [5.74, 6) is 0.0806. The van der Waals surface area contributed by atoms with Crippen LogP contribution in [0.25, 0.3) is 11.0 Å². The molecule has 8 heteroatoms. The van der Waals surface area contributed by atoms with Gasteiger partial charge in [-0.15, -0.1) is 0 Å². The molecule has 1 N–H and O–H groups in total. The zero-order valence-corrected chi connectivity index (χ0v) is 15.4. The molecule has 8 nitrogen and oxygen atoms in total. The Kier molecular flexibility index (Phi) is 5.11. The summed E-state index contributed by atoms with van der Waals surface area (Å²) in [5, 5.41) is 3.13. The van der Waals surface area contributed by atoms with Gasteiger partial charge in [-0.1, -0.05) is 19.8 Å². The minimum absolute atomic E-state index is 0.130. The second kappa shape index (κ2) is 7.31. The normalized spacial score (nSPS) is 14.7. The Labute approximate surface area is 150 Å². The highest BCUT2D eigenvalue weighted by Crippen LogP contribution is 2.25. The van der Waals surface area contributed by atoms with E-state index in [1.54, 1.807) is 6.20 Å². The first-order valence-corrected chi connectivity index (χ1v) is 8.92. The molecular weight excluding hydrogens is 336 g/mol. The van der Waals surface area contributed by atoms with E-state index < -0.39 is 11.2 Å². The standard InChI is InChI=1S/C18H24N4O4/c1-4-11-9-19-16-14(15(11)26-3)17(24)22(18(25)21(16)2)10-13(23)20-12-7-5-6-8-12/h9,12H,4-8,10H2,1-3H3,(H,20,23). The minimum atomic E-state index is -0.567. The van der Waals surface area contributed by atoms with Gasteiger partial charge in [0.05, 0.1) is 7.11 Å². The topological polar surface area (TPSA) is 95.2 Å².